The summed E-state index contributed by atoms with van der Waals surface area (Å²) in [6.07, 6.45) is 2.22. The predicted molar refractivity (Wildman–Crippen MR) is 90.2 cm³/mol. The molecule has 0 heterocycles. The Kier molecular flexibility index (Phi) is 4.14. The summed E-state index contributed by atoms with van der Waals surface area (Å²) in [5.41, 5.74) is 5.63. The van der Waals surface area contributed by atoms with E-state index in [9.17, 15) is 4.79 Å². The molecule has 2 N–H and O–H groups in total. The van der Waals surface area contributed by atoms with Crippen molar-refractivity contribution in [2.75, 3.05) is 5.32 Å². The van der Waals surface area contributed by atoms with Crippen LogP contribution in [0.3, 0.4) is 0 Å². The van der Waals surface area contributed by atoms with E-state index in [-0.39, 0.29) is 5.91 Å². The summed E-state index contributed by atoms with van der Waals surface area (Å²) in [5, 5.41) is 6.41. The Morgan fingerprint density at radius 2 is 1.82 bits per heavy atom. The Labute approximate surface area is 131 Å². The second-order valence-corrected chi connectivity index (χ2v) is 6.11. The molecular formula is C19H22N2O. The summed E-state index contributed by atoms with van der Waals surface area (Å²) in [7, 11) is 0. The third kappa shape index (κ3) is 3.67. The summed E-state index contributed by atoms with van der Waals surface area (Å²) < 4.78 is 0. The van der Waals surface area contributed by atoms with E-state index in [1.807, 2.05) is 24.3 Å². The van der Waals surface area contributed by atoms with E-state index in [2.05, 4.69) is 42.7 Å². The van der Waals surface area contributed by atoms with Crippen molar-refractivity contribution in [3.05, 3.63) is 64.7 Å². The number of carbonyl (C=O) groups is 1. The summed E-state index contributed by atoms with van der Waals surface area (Å²) >= 11 is 0. The molecule has 0 saturated heterocycles. The van der Waals surface area contributed by atoms with Gasteiger partial charge in [-0.3, -0.25) is 4.79 Å². The number of carbonyl (C=O) groups excluding carboxylic acids is 1. The molecule has 2 aromatic rings. The van der Waals surface area contributed by atoms with Crippen molar-refractivity contribution in [3.8, 4) is 0 Å². The Balaban J connectivity index is 1.59. The fourth-order valence-corrected chi connectivity index (χ4v) is 2.48. The Hall–Kier alpha value is -2.29. The van der Waals surface area contributed by atoms with Gasteiger partial charge in [-0.15, -0.1) is 0 Å². The van der Waals surface area contributed by atoms with Crippen molar-refractivity contribution in [3.63, 3.8) is 0 Å². The van der Waals surface area contributed by atoms with Gasteiger partial charge in [-0.2, -0.15) is 0 Å². The normalized spacial score (nSPS) is 13.7. The van der Waals surface area contributed by atoms with Gasteiger partial charge in [0.2, 0.25) is 0 Å². The molecule has 0 bridgehead atoms. The molecule has 3 rings (SSSR count). The predicted octanol–water partition coefficient (Wildman–Crippen LogP) is 3.81. The highest BCUT2D eigenvalue weighted by Gasteiger charge is 2.23. The van der Waals surface area contributed by atoms with Crippen LogP contribution < -0.4 is 10.6 Å². The number of hydrogen-bond acceptors (Lipinski definition) is 2. The highest BCUT2D eigenvalue weighted by molar-refractivity contribution is 5.94. The maximum Gasteiger partial charge on any atom is 0.251 e. The second kappa shape index (κ2) is 6.22. The topological polar surface area (TPSA) is 41.1 Å². The summed E-state index contributed by atoms with van der Waals surface area (Å²) in [6.45, 7) is 5.03. The average Bonchev–Trinajstić information content (AvgIpc) is 3.31. The first-order chi connectivity index (χ1) is 10.6. The average molecular weight is 294 g/mol. The molecule has 3 nitrogen and oxygen atoms in total. The molecule has 1 saturated carbocycles. The lowest BCUT2D eigenvalue weighted by atomic mass is 10.1. The highest BCUT2D eigenvalue weighted by Crippen LogP contribution is 2.20. The molecule has 114 valence electrons. The number of amides is 1. The molecule has 0 aromatic heterocycles. The van der Waals surface area contributed by atoms with Gasteiger partial charge in [-0.25, -0.2) is 0 Å². The molecule has 1 aliphatic carbocycles. The first kappa shape index (κ1) is 14.6. The minimum Gasteiger partial charge on any atom is -0.381 e. The smallest absolute Gasteiger partial charge is 0.251 e. The Morgan fingerprint density at radius 3 is 2.45 bits per heavy atom. The van der Waals surface area contributed by atoms with Crippen LogP contribution in [-0.4, -0.2) is 11.9 Å². The number of aryl methyl sites for hydroxylation is 2. The van der Waals surface area contributed by atoms with E-state index in [4.69, 9.17) is 0 Å². The lowest BCUT2D eigenvalue weighted by molar-refractivity contribution is 0.0951. The van der Waals surface area contributed by atoms with E-state index in [1.54, 1.807) is 0 Å². The van der Waals surface area contributed by atoms with Crippen molar-refractivity contribution in [1.29, 1.82) is 0 Å². The van der Waals surface area contributed by atoms with Gasteiger partial charge < -0.3 is 10.6 Å². The van der Waals surface area contributed by atoms with Crippen molar-refractivity contribution < 1.29 is 4.79 Å². The molecular weight excluding hydrogens is 272 g/mol. The van der Waals surface area contributed by atoms with Crippen molar-refractivity contribution in [2.24, 2.45) is 0 Å². The molecule has 22 heavy (non-hydrogen) atoms. The fourth-order valence-electron chi connectivity index (χ4n) is 2.48. The SMILES string of the molecule is Cc1ccc(CNc2ccc(C(=O)NC3CC3)cc2)c(C)c1. The second-order valence-electron chi connectivity index (χ2n) is 6.11. The number of benzene rings is 2. The molecule has 0 radical (unpaired) electrons. The first-order valence-corrected chi connectivity index (χ1v) is 7.83. The van der Waals surface area contributed by atoms with E-state index in [0.29, 0.717) is 6.04 Å². The quantitative estimate of drug-likeness (QED) is 0.880. The number of nitrogens with one attached hydrogen (secondary N) is 2. The maximum absolute atomic E-state index is 11.9. The lowest BCUT2D eigenvalue weighted by Gasteiger charge is -2.10. The van der Waals surface area contributed by atoms with Crippen molar-refractivity contribution >= 4 is 11.6 Å². The van der Waals surface area contributed by atoms with Gasteiger partial charge in [0, 0.05) is 23.8 Å². The Morgan fingerprint density at radius 1 is 1.09 bits per heavy atom. The van der Waals surface area contributed by atoms with Gasteiger partial charge in [0.05, 0.1) is 0 Å². The van der Waals surface area contributed by atoms with Crippen molar-refractivity contribution in [1.82, 2.24) is 5.32 Å². The third-order valence-electron chi connectivity index (χ3n) is 4.04. The Bertz CT molecular complexity index is 672. The zero-order chi connectivity index (χ0) is 15.5. The fraction of sp³-hybridized carbons (Fsp3) is 0.316. The molecule has 2 aromatic carbocycles. The molecule has 0 aliphatic heterocycles. The summed E-state index contributed by atoms with van der Waals surface area (Å²) in [4.78, 5) is 11.9. The number of rotatable bonds is 5. The van der Waals surface area contributed by atoms with Gasteiger partial charge in [-0.05, 0) is 62.1 Å². The molecule has 0 unspecified atom stereocenters. The highest BCUT2D eigenvalue weighted by atomic mass is 16.1. The van der Waals surface area contributed by atoms with Crippen molar-refractivity contribution in [2.45, 2.75) is 39.3 Å². The van der Waals surface area contributed by atoms with Crippen LogP contribution in [0.15, 0.2) is 42.5 Å². The zero-order valence-electron chi connectivity index (χ0n) is 13.1. The minimum atomic E-state index is 0.0310. The molecule has 1 amide bonds. The van der Waals surface area contributed by atoms with Crippen LogP contribution in [-0.2, 0) is 6.54 Å². The van der Waals surface area contributed by atoms with Crippen LogP contribution in [0.2, 0.25) is 0 Å². The van der Waals surface area contributed by atoms with Crippen LogP contribution in [0.1, 0.15) is 39.9 Å². The molecule has 0 atom stereocenters. The van der Waals surface area contributed by atoms with Crippen LogP contribution in [0, 0.1) is 13.8 Å². The largest absolute Gasteiger partial charge is 0.381 e. The van der Waals surface area contributed by atoms with E-state index >= 15 is 0 Å². The maximum atomic E-state index is 11.9. The van der Waals surface area contributed by atoms with Crippen LogP contribution in [0.5, 0.6) is 0 Å². The molecule has 1 fully saturated rings. The first-order valence-electron chi connectivity index (χ1n) is 7.83. The van der Waals surface area contributed by atoms with Gasteiger partial charge >= 0.3 is 0 Å². The monoisotopic (exact) mass is 294 g/mol. The standard InChI is InChI=1S/C19H22N2O/c1-13-3-4-16(14(2)11-13)12-20-17-7-5-15(6-8-17)19(22)21-18-9-10-18/h3-8,11,18,20H,9-10,12H2,1-2H3,(H,21,22). The van der Waals surface area contributed by atoms with Gasteiger partial charge in [-0.1, -0.05) is 23.8 Å². The lowest BCUT2D eigenvalue weighted by Crippen LogP contribution is -2.25. The van der Waals surface area contributed by atoms with E-state index < -0.39 is 0 Å². The summed E-state index contributed by atoms with van der Waals surface area (Å²) in [6, 6.07) is 14.6. The van der Waals surface area contributed by atoms with E-state index in [0.717, 1.165) is 30.6 Å². The van der Waals surface area contributed by atoms with Gasteiger partial charge in [0.1, 0.15) is 0 Å². The van der Waals surface area contributed by atoms with Gasteiger partial charge in [0.25, 0.3) is 5.91 Å². The van der Waals surface area contributed by atoms with Crippen LogP contribution in [0.4, 0.5) is 5.69 Å². The summed E-state index contributed by atoms with van der Waals surface area (Å²) in [5.74, 6) is 0.0310. The van der Waals surface area contributed by atoms with Crippen LogP contribution in [0.25, 0.3) is 0 Å². The zero-order valence-corrected chi connectivity index (χ0v) is 13.1. The van der Waals surface area contributed by atoms with Crippen LogP contribution >= 0.6 is 0 Å². The van der Waals surface area contributed by atoms with Gasteiger partial charge in [0.15, 0.2) is 0 Å². The van der Waals surface area contributed by atoms with E-state index in [1.165, 1.54) is 16.7 Å². The molecule has 1 aliphatic rings. The molecule has 3 heteroatoms. The minimum absolute atomic E-state index is 0.0310. The molecule has 0 spiro atoms. The number of anilines is 1. The number of hydrogen-bond donors (Lipinski definition) is 2. The third-order valence-corrected chi connectivity index (χ3v) is 4.04.